The van der Waals surface area contributed by atoms with E-state index in [0.717, 1.165) is 42.4 Å². The molecule has 0 N–H and O–H groups in total. The van der Waals surface area contributed by atoms with Crippen molar-refractivity contribution in [3.8, 4) is 0 Å². The van der Waals surface area contributed by atoms with E-state index < -0.39 is 0 Å². The fourth-order valence-corrected chi connectivity index (χ4v) is 2.59. The van der Waals surface area contributed by atoms with Gasteiger partial charge in [-0.3, -0.25) is 0 Å². The maximum Gasteiger partial charge on any atom is 0.133 e. The highest BCUT2D eigenvalue weighted by Crippen LogP contribution is 2.24. The minimum absolute atomic E-state index is 0.624. The molecule has 4 nitrogen and oxygen atoms in total. The molecular formula is C12H18BrN3O. The van der Waals surface area contributed by atoms with Gasteiger partial charge < -0.3 is 9.64 Å². The number of anilines is 1. The lowest BCUT2D eigenvalue weighted by molar-refractivity contribution is 0.161. The lowest BCUT2D eigenvalue weighted by Gasteiger charge is -2.18. The van der Waals surface area contributed by atoms with E-state index in [1.807, 2.05) is 6.07 Å². The van der Waals surface area contributed by atoms with Crippen molar-refractivity contribution in [3.05, 3.63) is 16.5 Å². The predicted molar refractivity (Wildman–Crippen MR) is 71.3 cm³/mol. The molecule has 1 aliphatic rings. The predicted octanol–water partition coefficient (Wildman–Crippen LogP) is 2.27. The van der Waals surface area contributed by atoms with Crippen molar-refractivity contribution in [2.75, 3.05) is 31.7 Å². The Balaban J connectivity index is 2.10. The van der Waals surface area contributed by atoms with Crippen LogP contribution in [-0.2, 0) is 11.2 Å². The maximum atomic E-state index is 5.21. The number of halogens is 1. The van der Waals surface area contributed by atoms with Crippen molar-refractivity contribution in [2.45, 2.75) is 19.8 Å². The Morgan fingerprint density at radius 3 is 3.06 bits per heavy atom. The first-order valence-corrected chi connectivity index (χ1v) is 6.79. The molecule has 2 rings (SSSR count). The van der Waals surface area contributed by atoms with Gasteiger partial charge in [0.25, 0.3) is 0 Å². The fourth-order valence-electron chi connectivity index (χ4n) is 2.18. The minimum Gasteiger partial charge on any atom is -0.384 e. The lowest BCUT2D eigenvalue weighted by atomic mass is 10.1. The number of hydrogen-bond acceptors (Lipinski definition) is 4. The number of aryl methyl sites for hydroxylation is 1. The van der Waals surface area contributed by atoms with Crippen LogP contribution in [0.4, 0.5) is 5.82 Å². The first-order valence-electron chi connectivity index (χ1n) is 6.00. The Labute approximate surface area is 111 Å². The molecule has 0 aromatic carbocycles. The molecule has 1 atom stereocenters. The van der Waals surface area contributed by atoms with E-state index in [-0.39, 0.29) is 0 Å². The zero-order valence-electron chi connectivity index (χ0n) is 10.3. The third-order valence-electron chi connectivity index (χ3n) is 3.06. The molecule has 1 aromatic heterocycles. The van der Waals surface area contributed by atoms with Gasteiger partial charge >= 0.3 is 0 Å². The summed E-state index contributed by atoms with van der Waals surface area (Å²) in [6, 6.07) is 1.99. The van der Waals surface area contributed by atoms with Crippen LogP contribution < -0.4 is 4.90 Å². The lowest BCUT2D eigenvalue weighted by Crippen LogP contribution is -2.22. The van der Waals surface area contributed by atoms with Crippen LogP contribution in [0.25, 0.3) is 0 Å². The molecule has 94 valence electrons. The molecule has 1 saturated heterocycles. The first-order chi connectivity index (χ1) is 8.22. The summed E-state index contributed by atoms with van der Waals surface area (Å²) in [5.41, 5.74) is 0. The van der Waals surface area contributed by atoms with Gasteiger partial charge in [-0.2, -0.15) is 0 Å². The van der Waals surface area contributed by atoms with Crippen LogP contribution in [0.1, 0.15) is 19.2 Å². The standard InChI is InChI=1S/C12H18BrN3O/c1-3-11-14-10(13)6-12(15-11)16-5-4-9(7-16)8-17-2/h6,9H,3-5,7-8H2,1-2H3. The van der Waals surface area contributed by atoms with Gasteiger partial charge in [0, 0.05) is 38.6 Å². The largest absolute Gasteiger partial charge is 0.384 e. The molecule has 17 heavy (non-hydrogen) atoms. The van der Waals surface area contributed by atoms with Crippen LogP contribution in [0.3, 0.4) is 0 Å². The van der Waals surface area contributed by atoms with Crippen LogP contribution in [0, 0.1) is 5.92 Å². The summed E-state index contributed by atoms with van der Waals surface area (Å²) in [5, 5.41) is 0. The third kappa shape index (κ3) is 3.16. The summed E-state index contributed by atoms with van der Waals surface area (Å²) in [5.74, 6) is 2.55. The van der Waals surface area contributed by atoms with Crippen molar-refractivity contribution >= 4 is 21.7 Å². The van der Waals surface area contributed by atoms with Crippen molar-refractivity contribution in [2.24, 2.45) is 5.92 Å². The molecular weight excluding hydrogens is 282 g/mol. The average Bonchev–Trinajstić information content (AvgIpc) is 2.77. The number of hydrogen-bond donors (Lipinski definition) is 0. The summed E-state index contributed by atoms with van der Waals surface area (Å²) in [4.78, 5) is 11.2. The van der Waals surface area contributed by atoms with Gasteiger partial charge in [0.2, 0.25) is 0 Å². The molecule has 1 aliphatic heterocycles. The van der Waals surface area contributed by atoms with Gasteiger partial charge in [0.1, 0.15) is 16.2 Å². The smallest absolute Gasteiger partial charge is 0.133 e. The quantitative estimate of drug-likeness (QED) is 0.800. The van der Waals surface area contributed by atoms with E-state index >= 15 is 0 Å². The van der Waals surface area contributed by atoms with Crippen molar-refractivity contribution in [1.29, 1.82) is 0 Å². The molecule has 5 heteroatoms. The summed E-state index contributed by atoms with van der Waals surface area (Å²) < 4.78 is 6.08. The minimum atomic E-state index is 0.624. The zero-order chi connectivity index (χ0) is 12.3. The summed E-state index contributed by atoms with van der Waals surface area (Å²) in [6.07, 6.45) is 2.04. The first kappa shape index (κ1) is 12.8. The van der Waals surface area contributed by atoms with Crippen molar-refractivity contribution in [3.63, 3.8) is 0 Å². The van der Waals surface area contributed by atoms with Crippen LogP contribution in [0.15, 0.2) is 10.7 Å². The van der Waals surface area contributed by atoms with E-state index in [1.165, 1.54) is 6.42 Å². The Morgan fingerprint density at radius 2 is 2.35 bits per heavy atom. The number of nitrogens with zero attached hydrogens (tertiary/aromatic N) is 3. The second-order valence-electron chi connectivity index (χ2n) is 4.37. The molecule has 1 aromatic rings. The summed E-state index contributed by atoms with van der Waals surface area (Å²) in [7, 11) is 1.76. The van der Waals surface area contributed by atoms with E-state index in [0.29, 0.717) is 5.92 Å². The number of rotatable bonds is 4. The fraction of sp³-hybridized carbons (Fsp3) is 0.667. The van der Waals surface area contributed by atoms with Gasteiger partial charge in [-0.25, -0.2) is 9.97 Å². The second kappa shape index (κ2) is 5.78. The number of ether oxygens (including phenoxy) is 1. The van der Waals surface area contributed by atoms with Gasteiger partial charge in [0.15, 0.2) is 0 Å². The Bertz CT molecular complexity index is 386. The topological polar surface area (TPSA) is 38.2 Å². The monoisotopic (exact) mass is 299 g/mol. The highest BCUT2D eigenvalue weighted by Gasteiger charge is 2.23. The normalized spacial score (nSPS) is 19.9. The maximum absolute atomic E-state index is 5.21. The van der Waals surface area contributed by atoms with Crippen molar-refractivity contribution < 1.29 is 4.74 Å². The van der Waals surface area contributed by atoms with Crippen LogP contribution in [-0.4, -0.2) is 36.8 Å². The van der Waals surface area contributed by atoms with E-state index in [1.54, 1.807) is 7.11 Å². The Morgan fingerprint density at radius 1 is 1.53 bits per heavy atom. The molecule has 0 bridgehead atoms. The van der Waals surface area contributed by atoms with Gasteiger partial charge in [-0.15, -0.1) is 0 Å². The molecule has 0 spiro atoms. The summed E-state index contributed by atoms with van der Waals surface area (Å²) in [6.45, 7) is 4.99. The molecule has 1 fully saturated rings. The second-order valence-corrected chi connectivity index (χ2v) is 5.19. The van der Waals surface area contributed by atoms with Gasteiger partial charge in [-0.1, -0.05) is 6.92 Å². The van der Waals surface area contributed by atoms with Gasteiger partial charge in [-0.05, 0) is 22.4 Å². The average molecular weight is 300 g/mol. The summed E-state index contributed by atoms with van der Waals surface area (Å²) >= 11 is 3.44. The molecule has 0 saturated carbocycles. The number of methoxy groups -OCH3 is 1. The van der Waals surface area contributed by atoms with Crippen molar-refractivity contribution in [1.82, 2.24) is 9.97 Å². The highest BCUT2D eigenvalue weighted by molar-refractivity contribution is 9.10. The molecule has 0 amide bonds. The number of aromatic nitrogens is 2. The Hall–Kier alpha value is -0.680. The molecule has 0 radical (unpaired) electrons. The third-order valence-corrected chi connectivity index (χ3v) is 3.46. The van der Waals surface area contributed by atoms with Gasteiger partial charge in [0.05, 0.1) is 6.61 Å². The molecule has 1 unspecified atom stereocenters. The Kier molecular flexibility index (Phi) is 4.34. The van der Waals surface area contributed by atoms with Crippen LogP contribution in [0.2, 0.25) is 0 Å². The zero-order valence-corrected chi connectivity index (χ0v) is 11.9. The molecule has 2 heterocycles. The van der Waals surface area contributed by atoms with Crippen LogP contribution in [0.5, 0.6) is 0 Å². The van der Waals surface area contributed by atoms with E-state index in [4.69, 9.17) is 4.74 Å². The SMILES string of the molecule is CCc1nc(Br)cc(N2CCC(COC)C2)n1. The molecule has 0 aliphatic carbocycles. The van der Waals surface area contributed by atoms with E-state index in [2.05, 4.69) is 37.7 Å². The van der Waals surface area contributed by atoms with E-state index in [9.17, 15) is 0 Å². The highest BCUT2D eigenvalue weighted by atomic mass is 79.9. The van der Waals surface area contributed by atoms with Crippen LogP contribution >= 0.6 is 15.9 Å².